The Morgan fingerprint density at radius 1 is 1.38 bits per heavy atom. The van der Waals surface area contributed by atoms with Crippen molar-refractivity contribution in [3.63, 3.8) is 0 Å². The van der Waals surface area contributed by atoms with Gasteiger partial charge in [-0.1, -0.05) is 26.0 Å². The molecule has 1 amide bonds. The van der Waals surface area contributed by atoms with E-state index in [4.69, 9.17) is 9.47 Å². The van der Waals surface area contributed by atoms with Gasteiger partial charge in [0.05, 0.1) is 26.2 Å². The van der Waals surface area contributed by atoms with Gasteiger partial charge in [0, 0.05) is 30.3 Å². The largest absolute Gasteiger partial charge is 0.504 e. The van der Waals surface area contributed by atoms with Crippen LogP contribution in [0, 0.1) is 12.8 Å². The van der Waals surface area contributed by atoms with Crippen LogP contribution in [0.2, 0.25) is 0 Å². The number of hydrogen-bond donors (Lipinski definition) is 0. The molecule has 132 valence electrons. The maximum atomic E-state index is 12.1. The molecule has 1 heterocycles. The zero-order valence-corrected chi connectivity index (χ0v) is 16.0. The maximum absolute atomic E-state index is 12.1. The van der Waals surface area contributed by atoms with Gasteiger partial charge in [0.1, 0.15) is 5.76 Å². The maximum Gasteiger partial charge on any atom is 0.231 e. The fraction of sp³-hybridized carbons (Fsp3) is 0.444. The Hall–Kier alpha value is -2.08. The van der Waals surface area contributed by atoms with Gasteiger partial charge in [0.25, 0.3) is 0 Å². The molecule has 0 radical (unpaired) electrons. The number of carbonyl (C=O) groups excluding carboxylic acids is 1. The minimum absolute atomic E-state index is 0.0414. The van der Waals surface area contributed by atoms with E-state index >= 15 is 0 Å². The van der Waals surface area contributed by atoms with E-state index in [1.165, 1.54) is 0 Å². The molecule has 0 aliphatic carbocycles. The number of anilines is 1. The number of amides is 1. The van der Waals surface area contributed by atoms with Crippen molar-refractivity contribution in [3.8, 4) is 0 Å². The van der Waals surface area contributed by atoms with Crippen LogP contribution < -0.4 is 4.90 Å². The van der Waals surface area contributed by atoms with Crippen molar-refractivity contribution in [2.24, 2.45) is 5.92 Å². The monoisotopic (exact) mass is 350 g/mol. The third kappa shape index (κ3) is 5.85. The van der Waals surface area contributed by atoms with Crippen LogP contribution in [0.3, 0.4) is 0 Å². The molecule has 0 bridgehead atoms. The van der Waals surface area contributed by atoms with Crippen LogP contribution in [0.4, 0.5) is 5.13 Å². The molecule has 0 atom stereocenters. The molecule has 0 saturated carbocycles. The summed E-state index contributed by atoms with van der Waals surface area (Å²) in [4.78, 5) is 19.4. The first-order chi connectivity index (χ1) is 11.4. The number of aromatic nitrogens is 1. The molecular weight excluding hydrogens is 324 g/mol. The lowest BCUT2D eigenvalue weighted by atomic mass is 10.2. The van der Waals surface area contributed by atoms with Gasteiger partial charge >= 0.3 is 0 Å². The van der Waals surface area contributed by atoms with Gasteiger partial charge in [-0.2, -0.15) is 0 Å². The first kappa shape index (κ1) is 20.0. The van der Waals surface area contributed by atoms with Crippen molar-refractivity contribution in [2.45, 2.75) is 27.2 Å². The molecule has 0 aliphatic heterocycles. The Bertz CT molecular complexity index is 630. The van der Waals surface area contributed by atoms with Crippen molar-refractivity contribution in [1.82, 2.24) is 4.98 Å². The van der Waals surface area contributed by atoms with Crippen LogP contribution >= 0.6 is 11.3 Å². The van der Waals surface area contributed by atoms with E-state index in [0.717, 1.165) is 15.7 Å². The van der Waals surface area contributed by atoms with Crippen LogP contribution in [0.15, 0.2) is 36.3 Å². The predicted octanol–water partition coefficient (Wildman–Crippen LogP) is 3.86. The van der Waals surface area contributed by atoms with Gasteiger partial charge in [-0.05, 0) is 13.0 Å². The summed E-state index contributed by atoms with van der Waals surface area (Å²) in [5.41, 5.74) is 0.981. The van der Waals surface area contributed by atoms with E-state index in [9.17, 15) is 4.79 Å². The first-order valence-electron chi connectivity index (χ1n) is 7.74. The zero-order chi connectivity index (χ0) is 18.1. The third-order valence-corrected chi connectivity index (χ3v) is 4.39. The molecular formula is C18H26N2O3S. The molecule has 0 saturated heterocycles. The molecule has 0 aliphatic rings. The molecule has 1 rings (SSSR count). The van der Waals surface area contributed by atoms with E-state index in [1.54, 1.807) is 49.8 Å². The van der Waals surface area contributed by atoms with Gasteiger partial charge in [0.2, 0.25) is 5.91 Å². The summed E-state index contributed by atoms with van der Waals surface area (Å²) in [6.07, 6.45) is 9.78. The molecule has 1 aromatic rings. The second-order valence-electron chi connectivity index (χ2n) is 5.50. The highest BCUT2D eigenvalue weighted by Gasteiger charge is 2.18. The number of allylic oxidation sites excluding steroid dienone is 4. The van der Waals surface area contributed by atoms with Crippen molar-refractivity contribution < 1.29 is 14.3 Å². The zero-order valence-electron chi connectivity index (χ0n) is 15.2. The van der Waals surface area contributed by atoms with E-state index in [1.807, 2.05) is 39.0 Å². The standard InChI is InChI=1S/C18H26N2O3S/c1-13(2)17(21)20(4)18-19-16(14(3)24-18)10-8-7-9-15(23-6)11-12-22-5/h7-9,11-13H,10H2,1-6H3/b8-7+,12-11+,15-9+. The van der Waals surface area contributed by atoms with Crippen LogP contribution in [0.5, 0.6) is 0 Å². The number of aryl methyl sites for hydroxylation is 1. The lowest BCUT2D eigenvalue weighted by Gasteiger charge is -2.15. The van der Waals surface area contributed by atoms with Crippen LogP contribution in [0.1, 0.15) is 24.4 Å². The van der Waals surface area contributed by atoms with Crippen LogP contribution in [-0.2, 0) is 20.7 Å². The summed E-state index contributed by atoms with van der Waals surface area (Å²) in [6, 6.07) is 0. The van der Waals surface area contributed by atoms with Gasteiger partial charge in [-0.15, -0.1) is 11.3 Å². The quantitative estimate of drug-likeness (QED) is 0.528. The molecule has 5 nitrogen and oxygen atoms in total. The van der Waals surface area contributed by atoms with E-state index in [-0.39, 0.29) is 11.8 Å². The lowest BCUT2D eigenvalue weighted by molar-refractivity contribution is -0.121. The number of methoxy groups -OCH3 is 2. The highest BCUT2D eigenvalue weighted by Crippen LogP contribution is 2.26. The summed E-state index contributed by atoms with van der Waals surface area (Å²) in [7, 11) is 4.97. The van der Waals surface area contributed by atoms with Gasteiger partial charge in [-0.3, -0.25) is 9.69 Å². The van der Waals surface area contributed by atoms with Gasteiger partial charge < -0.3 is 9.47 Å². The number of nitrogens with zero attached hydrogens (tertiary/aromatic N) is 2. The number of hydrogen-bond acceptors (Lipinski definition) is 5. The minimum atomic E-state index is -0.0414. The van der Waals surface area contributed by atoms with Gasteiger partial charge in [-0.25, -0.2) is 4.98 Å². The molecule has 0 N–H and O–H groups in total. The van der Waals surface area contributed by atoms with Crippen LogP contribution in [0.25, 0.3) is 0 Å². The van der Waals surface area contributed by atoms with E-state index in [2.05, 4.69) is 4.98 Å². The first-order valence-corrected chi connectivity index (χ1v) is 8.56. The Balaban J connectivity index is 2.76. The normalized spacial score (nSPS) is 12.4. The lowest BCUT2D eigenvalue weighted by Crippen LogP contribution is -2.30. The number of thiazole rings is 1. The van der Waals surface area contributed by atoms with Gasteiger partial charge in [0.15, 0.2) is 5.13 Å². The fourth-order valence-electron chi connectivity index (χ4n) is 1.90. The second-order valence-corrected chi connectivity index (χ2v) is 6.68. The van der Waals surface area contributed by atoms with Crippen molar-refractivity contribution in [1.29, 1.82) is 0 Å². The summed E-state index contributed by atoms with van der Waals surface area (Å²) in [5, 5.41) is 0.741. The molecule has 6 heteroatoms. The number of carbonyl (C=O) groups is 1. The average Bonchev–Trinajstić information content (AvgIpc) is 2.93. The predicted molar refractivity (Wildman–Crippen MR) is 99.2 cm³/mol. The number of rotatable bonds is 8. The molecule has 0 unspecified atom stereocenters. The van der Waals surface area contributed by atoms with E-state index < -0.39 is 0 Å². The van der Waals surface area contributed by atoms with Crippen molar-refractivity contribution in [3.05, 3.63) is 46.9 Å². The molecule has 0 fully saturated rings. The highest BCUT2D eigenvalue weighted by atomic mass is 32.1. The third-order valence-electron chi connectivity index (χ3n) is 3.30. The smallest absolute Gasteiger partial charge is 0.231 e. The molecule has 1 aromatic heterocycles. The fourth-order valence-corrected chi connectivity index (χ4v) is 2.80. The molecule has 0 aromatic carbocycles. The SMILES string of the molecule is CO/C=C/C(=C\C=C\Cc1nc(N(C)C(=O)C(C)C)sc1C)OC. The van der Waals surface area contributed by atoms with Crippen molar-refractivity contribution in [2.75, 3.05) is 26.2 Å². The minimum Gasteiger partial charge on any atom is -0.504 e. The van der Waals surface area contributed by atoms with Crippen molar-refractivity contribution >= 4 is 22.4 Å². The highest BCUT2D eigenvalue weighted by molar-refractivity contribution is 7.15. The average molecular weight is 350 g/mol. The Kier molecular flexibility index (Phi) is 8.26. The molecule has 24 heavy (non-hydrogen) atoms. The van der Waals surface area contributed by atoms with E-state index in [0.29, 0.717) is 12.2 Å². The summed E-state index contributed by atoms with van der Waals surface area (Å²) in [6.45, 7) is 5.80. The Morgan fingerprint density at radius 2 is 2.08 bits per heavy atom. The molecule has 0 spiro atoms. The Morgan fingerprint density at radius 3 is 2.67 bits per heavy atom. The summed E-state index contributed by atoms with van der Waals surface area (Å²) in [5.74, 6) is 0.731. The topological polar surface area (TPSA) is 51.7 Å². The Labute approximate surface area is 148 Å². The second kappa shape index (κ2) is 9.93. The summed E-state index contributed by atoms with van der Waals surface area (Å²) >= 11 is 1.54. The number of ether oxygens (including phenoxy) is 2. The van der Waals surface area contributed by atoms with Crippen LogP contribution in [-0.4, -0.2) is 32.2 Å². The summed E-state index contributed by atoms with van der Waals surface area (Å²) < 4.78 is 10.1.